The second-order valence-electron chi connectivity index (χ2n) is 5.56. The third kappa shape index (κ3) is 2.23. The van der Waals surface area contributed by atoms with Crippen LogP contribution in [0.25, 0.3) is 0 Å². The molecule has 1 aliphatic heterocycles. The molecule has 0 aromatic heterocycles. The van der Waals surface area contributed by atoms with Crippen LogP contribution in [-0.2, 0) is 9.47 Å². The largest absolute Gasteiger partial charge is 0.398 e. The van der Waals surface area contributed by atoms with Crippen molar-refractivity contribution in [1.82, 2.24) is 0 Å². The fraction of sp³-hybridized carbons (Fsp3) is 0.600. The highest BCUT2D eigenvalue weighted by molar-refractivity contribution is 5.53. The van der Waals surface area contributed by atoms with Gasteiger partial charge < -0.3 is 15.2 Å². The monoisotopic (exact) mass is 265 g/mol. The Morgan fingerprint density at radius 2 is 1.84 bits per heavy atom. The van der Waals surface area contributed by atoms with E-state index >= 15 is 0 Å². The number of nitrogen functional groups attached to an aromatic ring is 1. The summed E-state index contributed by atoms with van der Waals surface area (Å²) >= 11 is 0. The summed E-state index contributed by atoms with van der Waals surface area (Å²) in [5.74, 6) is -0.223. The van der Waals surface area contributed by atoms with Crippen LogP contribution in [0, 0.1) is 12.7 Å². The van der Waals surface area contributed by atoms with Gasteiger partial charge in [0.25, 0.3) is 0 Å². The van der Waals surface area contributed by atoms with Crippen molar-refractivity contribution in [2.24, 2.45) is 0 Å². The molecule has 4 heteroatoms. The van der Waals surface area contributed by atoms with Crippen molar-refractivity contribution in [3.63, 3.8) is 0 Å². The number of nitrogens with two attached hydrogens (primary N) is 1. The molecule has 1 aromatic rings. The van der Waals surface area contributed by atoms with Crippen molar-refractivity contribution >= 4 is 5.69 Å². The summed E-state index contributed by atoms with van der Waals surface area (Å²) < 4.78 is 25.1. The number of benzene rings is 1. The van der Waals surface area contributed by atoms with E-state index < -0.39 is 0 Å². The standard InChI is InChI=1S/C15H20FNO2/c1-10-12(16)2-3-13(17)14(10)11-4-6-15(7-5-11)18-8-9-19-15/h2-3,11H,4-9,17H2,1H3. The van der Waals surface area contributed by atoms with Crippen LogP contribution in [-0.4, -0.2) is 19.0 Å². The summed E-state index contributed by atoms with van der Waals surface area (Å²) in [7, 11) is 0. The van der Waals surface area contributed by atoms with Crippen molar-refractivity contribution in [2.45, 2.75) is 44.3 Å². The third-order valence-corrected chi connectivity index (χ3v) is 4.45. The van der Waals surface area contributed by atoms with Crippen molar-refractivity contribution in [3.8, 4) is 0 Å². The number of anilines is 1. The summed E-state index contributed by atoms with van der Waals surface area (Å²) in [4.78, 5) is 0. The van der Waals surface area contributed by atoms with Crippen molar-refractivity contribution in [3.05, 3.63) is 29.1 Å². The highest BCUT2D eigenvalue weighted by Gasteiger charge is 2.41. The quantitative estimate of drug-likeness (QED) is 0.793. The molecular formula is C15H20FNO2. The van der Waals surface area contributed by atoms with Gasteiger partial charge in [0, 0.05) is 18.5 Å². The predicted octanol–water partition coefficient (Wildman–Crippen LogP) is 3.12. The molecule has 0 amide bonds. The van der Waals surface area contributed by atoms with E-state index in [9.17, 15) is 4.39 Å². The van der Waals surface area contributed by atoms with Gasteiger partial charge in [0.05, 0.1) is 13.2 Å². The molecule has 0 radical (unpaired) electrons. The summed E-state index contributed by atoms with van der Waals surface area (Å²) in [5, 5.41) is 0. The first kappa shape index (κ1) is 12.9. The molecule has 2 fully saturated rings. The lowest BCUT2D eigenvalue weighted by atomic mass is 9.79. The molecule has 1 aliphatic carbocycles. The smallest absolute Gasteiger partial charge is 0.168 e. The first-order valence-corrected chi connectivity index (χ1v) is 6.94. The zero-order valence-corrected chi connectivity index (χ0v) is 11.2. The van der Waals surface area contributed by atoms with E-state index in [-0.39, 0.29) is 11.6 Å². The van der Waals surface area contributed by atoms with Gasteiger partial charge in [-0.3, -0.25) is 0 Å². The Labute approximate surface area is 112 Å². The highest BCUT2D eigenvalue weighted by atomic mass is 19.1. The fourth-order valence-corrected chi connectivity index (χ4v) is 3.40. The minimum Gasteiger partial charge on any atom is -0.398 e. The van der Waals surface area contributed by atoms with Crippen LogP contribution in [0.5, 0.6) is 0 Å². The Morgan fingerprint density at radius 3 is 2.47 bits per heavy atom. The number of hydrogen-bond donors (Lipinski definition) is 1. The maximum absolute atomic E-state index is 13.7. The summed E-state index contributed by atoms with van der Waals surface area (Å²) in [6.45, 7) is 3.19. The molecule has 0 bridgehead atoms. The first-order valence-electron chi connectivity index (χ1n) is 6.94. The van der Waals surface area contributed by atoms with E-state index in [0.29, 0.717) is 30.4 Å². The van der Waals surface area contributed by atoms with E-state index in [4.69, 9.17) is 15.2 Å². The van der Waals surface area contributed by atoms with Crippen LogP contribution in [0.1, 0.15) is 42.7 Å². The molecule has 1 spiro atoms. The van der Waals surface area contributed by atoms with Gasteiger partial charge in [0.1, 0.15) is 5.82 Å². The molecular weight excluding hydrogens is 245 g/mol. The first-order chi connectivity index (χ1) is 9.11. The van der Waals surface area contributed by atoms with Crippen LogP contribution in [0.3, 0.4) is 0 Å². The Bertz CT molecular complexity index is 473. The molecule has 2 aliphatic rings. The van der Waals surface area contributed by atoms with E-state index in [2.05, 4.69) is 0 Å². The molecule has 3 rings (SSSR count). The fourth-order valence-electron chi connectivity index (χ4n) is 3.40. The van der Waals surface area contributed by atoms with E-state index in [1.165, 1.54) is 6.07 Å². The topological polar surface area (TPSA) is 44.5 Å². The van der Waals surface area contributed by atoms with Gasteiger partial charge in [-0.2, -0.15) is 0 Å². The number of rotatable bonds is 1. The zero-order chi connectivity index (χ0) is 13.5. The van der Waals surface area contributed by atoms with Gasteiger partial charge in [-0.15, -0.1) is 0 Å². The van der Waals surface area contributed by atoms with Crippen LogP contribution in [0.15, 0.2) is 12.1 Å². The van der Waals surface area contributed by atoms with Crippen molar-refractivity contribution in [2.75, 3.05) is 18.9 Å². The minimum atomic E-state index is -0.369. The number of ether oxygens (including phenoxy) is 2. The predicted molar refractivity (Wildman–Crippen MR) is 71.4 cm³/mol. The Hall–Kier alpha value is -1.13. The Morgan fingerprint density at radius 1 is 1.21 bits per heavy atom. The van der Waals surface area contributed by atoms with Crippen molar-refractivity contribution < 1.29 is 13.9 Å². The molecule has 1 saturated heterocycles. The number of halogens is 1. The SMILES string of the molecule is Cc1c(F)ccc(N)c1C1CCC2(CC1)OCCO2. The normalized spacial score (nSPS) is 23.1. The van der Waals surface area contributed by atoms with Gasteiger partial charge >= 0.3 is 0 Å². The lowest BCUT2D eigenvalue weighted by Gasteiger charge is -2.36. The maximum Gasteiger partial charge on any atom is 0.168 e. The lowest BCUT2D eigenvalue weighted by Crippen LogP contribution is -2.34. The second kappa shape index (κ2) is 4.76. The van der Waals surface area contributed by atoms with Gasteiger partial charge in [0.15, 0.2) is 5.79 Å². The Kier molecular flexibility index (Phi) is 3.23. The molecule has 3 nitrogen and oxygen atoms in total. The average Bonchev–Trinajstić information content (AvgIpc) is 2.85. The summed E-state index contributed by atoms with van der Waals surface area (Å²) in [6, 6.07) is 3.12. The van der Waals surface area contributed by atoms with E-state index in [1.54, 1.807) is 6.07 Å². The number of hydrogen-bond acceptors (Lipinski definition) is 3. The van der Waals surface area contributed by atoms with Gasteiger partial charge in [-0.05, 0) is 48.9 Å². The molecule has 1 saturated carbocycles. The van der Waals surface area contributed by atoms with Crippen LogP contribution < -0.4 is 5.73 Å². The van der Waals surface area contributed by atoms with Gasteiger partial charge in [-0.25, -0.2) is 4.39 Å². The lowest BCUT2D eigenvalue weighted by molar-refractivity contribution is -0.178. The minimum absolute atomic E-state index is 0.169. The summed E-state index contributed by atoms with van der Waals surface area (Å²) in [5.41, 5.74) is 8.41. The summed E-state index contributed by atoms with van der Waals surface area (Å²) in [6.07, 6.45) is 3.61. The molecule has 2 N–H and O–H groups in total. The van der Waals surface area contributed by atoms with Crippen LogP contribution in [0.4, 0.5) is 10.1 Å². The molecule has 0 unspecified atom stereocenters. The Balaban J connectivity index is 1.80. The third-order valence-electron chi connectivity index (χ3n) is 4.45. The molecule has 0 atom stereocenters. The van der Waals surface area contributed by atoms with Gasteiger partial charge in [-0.1, -0.05) is 0 Å². The average molecular weight is 265 g/mol. The van der Waals surface area contributed by atoms with Crippen LogP contribution >= 0.6 is 0 Å². The van der Waals surface area contributed by atoms with Gasteiger partial charge in [0.2, 0.25) is 0 Å². The molecule has 1 aromatic carbocycles. The van der Waals surface area contributed by atoms with E-state index in [1.807, 2.05) is 6.92 Å². The molecule has 19 heavy (non-hydrogen) atoms. The van der Waals surface area contributed by atoms with Crippen molar-refractivity contribution in [1.29, 1.82) is 0 Å². The molecule has 104 valence electrons. The highest BCUT2D eigenvalue weighted by Crippen LogP contribution is 2.44. The van der Waals surface area contributed by atoms with Crippen LogP contribution in [0.2, 0.25) is 0 Å². The molecule has 1 heterocycles. The maximum atomic E-state index is 13.7. The second-order valence-corrected chi connectivity index (χ2v) is 5.56. The zero-order valence-electron chi connectivity index (χ0n) is 11.2. The van der Waals surface area contributed by atoms with E-state index in [0.717, 1.165) is 31.2 Å².